The van der Waals surface area contributed by atoms with Crippen molar-refractivity contribution in [1.29, 1.82) is 0 Å². The number of thiophene rings is 1. The van der Waals surface area contributed by atoms with Crippen molar-refractivity contribution in [3.8, 4) is 0 Å². The summed E-state index contributed by atoms with van der Waals surface area (Å²) >= 11 is 5.36. The highest BCUT2D eigenvalue weighted by Crippen LogP contribution is 2.41. The van der Waals surface area contributed by atoms with Crippen LogP contribution in [0.1, 0.15) is 44.0 Å². The molecule has 1 saturated heterocycles. The molecule has 0 amide bonds. The molecule has 1 aromatic heterocycles. The molecule has 1 atom stereocenters. The standard InChI is InChI=1S/C14H23BrN2S/c1-3-14(4-2)7-8-17(10-14)11(9-16)12-5-6-13(15)18-12/h5-6,11H,3-4,7-10,16H2,1-2H3. The van der Waals surface area contributed by atoms with Gasteiger partial charge >= 0.3 is 0 Å². The first-order chi connectivity index (χ1) is 8.64. The summed E-state index contributed by atoms with van der Waals surface area (Å²) in [7, 11) is 0. The number of likely N-dealkylation sites (tertiary alicyclic amines) is 1. The van der Waals surface area contributed by atoms with Crippen molar-refractivity contribution in [2.45, 2.75) is 39.2 Å². The molecule has 18 heavy (non-hydrogen) atoms. The predicted octanol–water partition coefficient (Wildman–Crippen LogP) is 4.02. The van der Waals surface area contributed by atoms with E-state index in [4.69, 9.17) is 5.73 Å². The van der Waals surface area contributed by atoms with Crippen molar-refractivity contribution < 1.29 is 0 Å². The zero-order valence-corrected chi connectivity index (χ0v) is 13.7. The number of nitrogens with zero attached hydrogens (tertiary/aromatic N) is 1. The Morgan fingerprint density at radius 2 is 2.17 bits per heavy atom. The lowest BCUT2D eigenvalue weighted by atomic mass is 9.82. The van der Waals surface area contributed by atoms with Gasteiger partial charge in [-0.3, -0.25) is 4.90 Å². The van der Waals surface area contributed by atoms with Crippen molar-refractivity contribution in [2.75, 3.05) is 19.6 Å². The minimum absolute atomic E-state index is 0.404. The summed E-state index contributed by atoms with van der Waals surface area (Å²) in [6, 6.07) is 4.75. The predicted molar refractivity (Wildman–Crippen MR) is 83.0 cm³/mol. The second-order valence-corrected chi connectivity index (χ2v) is 7.82. The average molecular weight is 331 g/mol. The van der Waals surface area contributed by atoms with Crippen LogP contribution in [0.5, 0.6) is 0 Å². The van der Waals surface area contributed by atoms with Crippen LogP contribution in [0.4, 0.5) is 0 Å². The average Bonchev–Trinajstić information content (AvgIpc) is 2.99. The van der Waals surface area contributed by atoms with Crippen LogP contribution in [0.3, 0.4) is 0 Å². The monoisotopic (exact) mass is 330 g/mol. The van der Waals surface area contributed by atoms with Gasteiger partial charge in [0.2, 0.25) is 0 Å². The number of hydrogen-bond acceptors (Lipinski definition) is 3. The minimum Gasteiger partial charge on any atom is -0.329 e. The molecule has 102 valence electrons. The first-order valence-corrected chi connectivity index (χ1v) is 8.44. The third kappa shape index (κ3) is 2.82. The Labute approximate surface area is 123 Å². The summed E-state index contributed by atoms with van der Waals surface area (Å²) in [6.07, 6.45) is 3.89. The minimum atomic E-state index is 0.404. The molecule has 2 heterocycles. The van der Waals surface area contributed by atoms with E-state index in [1.807, 2.05) is 11.3 Å². The number of nitrogens with two attached hydrogens (primary N) is 1. The van der Waals surface area contributed by atoms with Crippen LogP contribution in [0, 0.1) is 5.41 Å². The van der Waals surface area contributed by atoms with Crippen molar-refractivity contribution in [1.82, 2.24) is 4.90 Å². The Hall–Kier alpha value is 0.1000. The van der Waals surface area contributed by atoms with Crippen LogP contribution in [-0.2, 0) is 0 Å². The van der Waals surface area contributed by atoms with Crippen molar-refractivity contribution in [2.24, 2.45) is 11.1 Å². The maximum atomic E-state index is 6.02. The largest absolute Gasteiger partial charge is 0.329 e. The Morgan fingerprint density at radius 1 is 1.44 bits per heavy atom. The Balaban J connectivity index is 2.11. The molecule has 2 N–H and O–H groups in total. The second kappa shape index (κ2) is 6.04. The highest BCUT2D eigenvalue weighted by Gasteiger charge is 2.38. The van der Waals surface area contributed by atoms with E-state index in [0.717, 1.165) is 6.54 Å². The lowest BCUT2D eigenvalue weighted by Crippen LogP contribution is -2.33. The molecule has 0 aliphatic carbocycles. The third-order valence-electron chi connectivity index (χ3n) is 4.55. The van der Waals surface area contributed by atoms with Crippen molar-refractivity contribution in [3.63, 3.8) is 0 Å². The second-order valence-electron chi connectivity index (χ2n) is 5.32. The van der Waals surface area contributed by atoms with Crippen molar-refractivity contribution in [3.05, 3.63) is 20.8 Å². The molecule has 1 fully saturated rings. The smallest absolute Gasteiger partial charge is 0.0702 e. The molecule has 0 spiro atoms. The first-order valence-electron chi connectivity index (χ1n) is 6.83. The van der Waals surface area contributed by atoms with Gasteiger partial charge in [-0.1, -0.05) is 13.8 Å². The van der Waals surface area contributed by atoms with E-state index in [-0.39, 0.29) is 0 Å². The van der Waals surface area contributed by atoms with Gasteiger partial charge < -0.3 is 5.73 Å². The van der Waals surface area contributed by atoms with Gasteiger partial charge in [0.1, 0.15) is 0 Å². The van der Waals surface area contributed by atoms with Gasteiger partial charge in [-0.2, -0.15) is 0 Å². The molecule has 0 bridgehead atoms. The highest BCUT2D eigenvalue weighted by atomic mass is 79.9. The molecule has 1 aliphatic rings. The number of halogens is 1. The fourth-order valence-corrected chi connectivity index (χ4v) is 4.59. The lowest BCUT2D eigenvalue weighted by molar-refractivity contribution is 0.199. The zero-order chi connectivity index (χ0) is 13.2. The molecule has 0 radical (unpaired) electrons. The molecule has 1 aromatic rings. The van der Waals surface area contributed by atoms with Crippen LogP contribution >= 0.6 is 27.3 Å². The van der Waals surface area contributed by atoms with Gasteiger partial charge in [0.25, 0.3) is 0 Å². The van der Waals surface area contributed by atoms with E-state index < -0.39 is 0 Å². The van der Waals surface area contributed by atoms with Gasteiger partial charge in [0.15, 0.2) is 0 Å². The molecular weight excluding hydrogens is 308 g/mol. The summed E-state index contributed by atoms with van der Waals surface area (Å²) < 4.78 is 1.20. The van der Waals surface area contributed by atoms with Crippen LogP contribution in [-0.4, -0.2) is 24.5 Å². The maximum Gasteiger partial charge on any atom is 0.0702 e. The highest BCUT2D eigenvalue weighted by molar-refractivity contribution is 9.11. The molecule has 2 rings (SSSR count). The molecule has 2 nitrogen and oxygen atoms in total. The summed E-state index contributed by atoms with van der Waals surface area (Å²) in [5, 5.41) is 0. The maximum absolute atomic E-state index is 6.02. The fraction of sp³-hybridized carbons (Fsp3) is 0.714. The van der Waals surface area contributed by atoms with Gasteiger partial charge in [0, 0.05) is 18.0 Å². The molecule has 0 saturated carbocycles. The third-order valence-corrected chi connectivity index (χ3v) is 6.28. The molecular formula is C14H23BrN2S. The summed E-state index contributed by atoms with van der Waals surface area (Å²) in [4.78, 5) is 3.98. The Kier molecular flexibility index (Phi) is 4.86. The van der Waals surface area contributed by atoms with Gasteiger partial charge in [-0.15, -0.1) is 11.3 Å². The van der Waals surface area contributed by atoms with E-state index in [9.17, 15) is 0 Å². The fourth-order valence-electron chi connectivity index (χ4n) is 3.02. The van der Waals surface area contributed by atoms with E-state index in [2.05, 4.69) is 46.8 Å². The Bertz CT molecular complexity index is 387. The quantitative estimate of drug-likeness (QED) is 0.883. The summed E-state index contributed by atoms with van der Waals surface area (Å²) in [5.41, 5.74) is 6.54. The van der Waals surface area contributed by atoms with Gasteiger partial charge in [-0.25, -0.2) is 0 Å². The molecule has 1 aliphatic heterocycles. The summed E-state index contributed by atoms with van der Waals surface area (Å²) in [5.74, 6) is 0. The van der Waals surface area contributed by atoms with Crippen molar-refractivity contribution >= 4 is 27.3 Å². The topological polar surface area (TPSA) is 29.3 Å². The number of hydrogen-bond donors (Lipinski definition) is 1. The first kappa shape index (κ1) is 14.5. The van der Waals surface area contributed by atoms with E-state index >= 15 is 0 Å². The van der Waals surface area contributed by atoms with E-state index in [1.165, 1.54) is 41.0 Å². The zero-order valence-electron chi connectivity index (χ0n) is 11.3. The van der Waals surface area contributed by atoms with Crippen LogP contribution in [0.2, 0.25) is 0 Å². The SMILES string of the molecule is CCC1(CC)CCN(C(CN)c2ccc(Br)s2)C1. The normalized spacial score (nSPS) is 21.3. The van der Waals surface area contributed by atoms with Crippen LogP contribution < -0.4 is 5.73 Å². The number of rotatable bonds is 5. The Morgan fingerprint density at radius 3 is 2.61 bits per heavy atom. The molecule has 4 heteroatoms. The lowest BCUT2D eigenvalue weighted by Gasteiger charge is -2.30. The van der Waals surface area contributed by atoms with E-state index in [1.54, 1.807) is 0 Å². The summed E-state index contributed by atoms with van der Waals surface area (Å²) in [6.45, 7) is 7.77. The van der Waals surface area contributed by atoms with Gasteiger partial charge in [0.05, 0.1) is 9.83 Å². The molecule has 0 aromatic carbocycles. The molecule has 1 unspecified atom stereocenters. The van der Waals surface area contributed by atoms with Gasteiger partial charge in [-0.05, 0) is 59.3 Å². The van der Waals surface area contributed by atoms with Crippen LogP contribution in [0.25, 0.3) is 0 Å². The van der Waals surface area contributed by atoms with E-state index in [0.29, 0.717) is 11.5 Å². The van der Waals surface area contributed by atoms with Crippen LogP contribution in [0.15, 0.2) is 15.9 Å².